The summed E-state index contributed by atoms with van der Waals surface area (Å²) in [6.07, 6.45) is 6.61. The van der Waals surface area contributed by atoms with Crippen molar-refractivity contribution in [2.24, 2.45) is 23.7 Å². The number of rotatable bonds is 5. The first-order valence-electron chi connectivity index (χ1n) is 8.66. The van der Waals surface area contributed by atoms with Crippen LogP contribution in [0.15, 0.2) is 36.4 Å². The standard InChI is InChI=1S/C19H20N2O4/c22-17(20-13-6-7-13)12-2-1-3-14(9-12)21-18(23)15-10-4-5-11(8-10)16(15)19(24)25/h1-5,9-11,13,15-16H,6-8H2,(H,20,22)(H,21,23)(H,24,25)/t10-,11-,15+,16-/m0/s1. The molecule has 4 rings (SSSR count). The van der Waals surface area contributed by atoms with E-state index in [2.05, 4.69) is 10.6 Å². The molecule has 3 N–H and O–H groups in total. The number of anilines is 1. The number of amides is 2. The van der Waals surface area contributed by atoms with Crippen molar-refractivity contribution in [1.29, 1.82) is 0 Å². The fourth-order valence-corrected chi connectivity index (χ4v) is 3.98. The summed E-state index contributed by atoms with van der Waals surface area (Å²) < 4.78 is 0. The predicted molar refractivity (Wildman–Crippen MR) is 90.9 cm³/mol. The molecule has 6 nitrogen and oxygen atoms in total. The quantitative estimate of drug-likeness (QED) is 0.715. The second kappa shape index (κ2) is 6.02. The fourth-order valence-electron chi connectivity index (χ4n) is 3.98. The molecule has 130 valence electrons. The minimum absolute atomic E-state index is 0.0209. The highest BCUT2D eigenvalue weighted by Gasteiger charge is 2.51. The van der Waals surface area contributed by atoms with Crippen LogP contribution in [0.3, 0.4) is 0 Å². The number of carboxylic acids is 1. The Morgan fingerprint density at radius 2 is 1.76 bits per heavy atom. The van der Waals surface area contributed by atoms with E-state index in [9.17, 15) is 19.5 Å². The summed E-state index contributed by atoms with van der Waals surface area (Å²) in [5, 5.41) is 15.2. The number of fused-ring (bicyclic) bond motifs is 2. The smallest absolute Gasteiger partial charge is 0.307 e. The second-order valence-corrected chi connectivity index (χ2v) is 7.16. The molecule has 0 aromatic heterocycles. The van der Waals surface area contributed by atoms with Gasteiger partial charge >= 0.3 is 5.97 Å². The van der Waals surface area contributed by atoms with Crippen LogP contribution in [0.1, 0.15) is 29.6 Å². The number of carbonyl (C=O) groups is 3. The first-order chi connectivity index (χ1) is 12.0. The van der Waals surface area contributed by atoms with Gasteiger partial charge in [-0.15, -0.1) is 0 Å². The first kappa shape index (κ1) is 15.9. The third-order valence-corrected chi connectivity index (χ3v) is 5.35. The van der Waals surface area contributed by atoms with Gasteiger partial charge in [-0.3, -0.25) is 14.4 Å². The Labute approximate surface area is 145 Å². The van der Waals surface area contributed by atoms with Gasteiger partial charge in [0, 0.05) is 17.3 Å². The molecule has 3 aliphatic carbocycles. The minimum atomic E-state index is -0.922. The van der Waals surface area contributed by atoms with Crippen molar-refractivity contribution in [3.05, 3.63) is 42.0 Å². The molecule has 0 spiro atoms. The lowest BCUT2D eigenvalue weighted by Crippen LogP contribution is -2.36. The van der Waals surface area contributed by atoms with Crippen LogP contribution < -0.4 is 10.6 Å². The Balaban J connectivity index is 1.48. The van der Waals surface area contributed by atoms with Gasteiger partial charge in [0.25, 0.3) is 5.91 Å². The van der Waals surface area contributed by atoms with Gasteiger partial charge in [0.2, 0.25) is 5.91 Å². The number of nitrogens with one attached hydrogen (secondary N) is 2. The maximum atomic E-state index is 12.7. The van der Waals surface area contributed by atoms with E-state index in [4.69, 9.17) is 0 Å². The maximum Gasteiger partial charge on any atom is 0.307 e. The molecule has 25 heavy (non-hydrogen) atoms. The van der Waals surface area contributed by atoms with Crippen LogP contribution in [0.2, 0.25) is 0 Å². The van der Waals surface area contributed by atoms with Crippen molar-refractivity contribution in [3.8, 4) is 0 Å². The van der Waals surface area contributed by atoms with Crippen LogP contribution in [-0.4, -0.2) is 28.9 Å². The molecule has 3 aliphatic rings. The van der Waals surface area contributed by atoms with E-state index >= 15 is 0 Å². The topological polar surface area (TPSA) is 95.5 Å². The number of hydrogen-bond acceptors (Lipinski definition) is 3. The molecule has 2 saturated carbocycles. The number of aliphatic carboxylic acids is 1. The monoisotopic (exact) mass is 340 g/mol. The molecular formula is C19H20N2O4. The largest absolute Gasteiger partial charge is 0.481 e. The zero-order valence-corrected chi connectivity index (χ0v) is 13.6. The van der Waals surface area contributed by atoms with Crippen LogP contribution in [0, 0.1) is 23.7 Å². The van der Waals surface area contributed by atoms with Gasteiger partial charge < -0.3 is 15.7 Å². The zero-order chi connectivity index (χ0) is 17.6. The van der Waals surface area contributed by atoms with Crippen LogP contribution in [0.4, 0.5) is 5.69 Å². The summed E-state index contributed by atoms with van der Waals surface area (Å²) in [7, 11) is 0. The van der Waals surface area contributed by atoms with Gasteiger partial charge in [-0.1, -0.05) is 18.2 Å². The molecule has 2 bridgehead atoms. The van der Waals surface area contributed by atoms with E-state index in [1.165, 1.54) is 0 Å². The maximum absolute atomic E-state index is 12.7. The Kier molecular flexibility index (Phi) is 3.82. The van der Waals surface area contributed by atoms with Gasteiger partial charge in [0.15, 0.2) is 0 Å². The SMILES string of the molecule is O=C(NC1CC1)c1cccc(NC(=O)[C@H]2[C@@H](C(=O)O)[C@H]3C=C[C@H]2C3)c1. The minimum Gasteiger partial charge on any atom is -0.481 e. The van der Waals surface area contributed by atoms with Crippen molar-refractivity contribution < 1.29 is 19.5 Å². The molecule has 2 fully saturated rings. The molecule has 1 aromatic rings. The van der Waals surface area contributed by atoms with Gasteiger partial charge in [0.1, 0.15) is 0 Å². The first-order valence-corrected chi connectivity index (χ1v) is 8.66. The molecule has 6 heteroatoms. The van der Waals surface area contributed by atoms with E-state index in [1.54, 1.807) is 24.3 Å². The van der Waals surface area contributed by atoms with Crippen molar-refractivity contribution >= 4 is 23.5 Å². The summed E-state index contributed by atoms with van der Waals surface area (Å²) in [6.45, 7) is 0. The van der Waals surface area contributed by atoms with Gasteiger partial charge in [0.05, 0.1) is 11.8 Å². The van der Waals surface area contributed by atoms with Crippen LogP contribution >= 0.6 is 0 Å². The number of carbonyl (C=O) groups excluding carboxylic acids is 2. The number of allylic oxidation sites excluding steroid dienone is 2. The second-order valence-electron chi connectivity index (χ2n) is 7.16. The highest BCUT2D eigenvalue weighted by atomic mass is 16.4. The Morgan fingerprint density at radius 3 is 2.44 bits per heavy atom. The third-order valence-electron chi connectivity index (χ3n) is 5.35. The van der Waals surface area contributed by atoms with Gasteiger partial charge in [-0.05, 0) is 49.3 Å². The number of carboxylic acid groups (broad SMARTS) is 1. The lowest BCUT2D eigenvalue weighted by atomic mass is 9.82. The van der Waals surface area contributed by atoms with Crippen molar-refractivity contribution in [1.82, 2.24) is 5.32 Å². The summed E-state index contributed by atoms with van der Waals surface area (Å²) in [4.78, 5) is 36.3. The lowest BCUT2D eigenvalue weighted by molar-refractivity contribution is -0.146. The van der Waals surface area contributed by atoms with E-state index in [-0.39, 0.29) is 29.7 Å². The molecular weight excluding hydrogens is 320 g/mol. The van der Waals surface area contributed by atoms with Gasteiger partial charge in [-0.25, -0.2) is 0 Å². The molecule has 0 unspecified atom stereocenters. The van der Waals surface area contributed by atoms with Crippen LogP contribution in [-0.2, 0) is 9.59 Å². The molecule has 0 heterocycles. The van der Waals surface area contributed by atoms with Crippen molar-refractivity contribution in [3.63, 3.8) is 0 Å². The van der Waals surface area contributed by atoms with Crippen LogP contribution in [0.5, 0.6) is 0 Å². The highest BCUT2D eigenvalue weighted by Crippen LogP contribution is 2.48. The number of hydrogen-bond donors (Lipinski definition) is 3. The molecule has 0 radical (unpaired) electrons. The van der Waals surface area contributed by atoms with E-state index in [0.717, 1.165) is 19.3 Å². The number of benzene rings is 1. The molecule has 4 atom stereocenters. The molecule has 0 saturated heterocycles. The molecule has 1 aromatic carbocycles. The van der Waals surface area contributed by atoms with E-state index < -0.39 is 17.8 Å². The molecule has 2 amide bonds. The van der Waals surface area contributed by atoms with E-state index in [0.29, 0.717) is 11.3 Å². The highest BCUT2D eigenvalue weighted by molar-refractivity contribution is 5.99. The Hall–Kier alpha value is -2.63. The summed E-state index contributed by atoms with van der Waals surface area (Å²) >= 11 is 0. The predicted octanol–water partition coefficient (Wildman–Crippen LogP) is 2.04. The lowest BCUT2D eigenvalue weighted by Gasteiger charge is -2.23. The van der Waals surface area contributed by atoms with Crippen LogP contribution in [0.25, 0.3) is 0 Å². The normalized spacial score (nSPS) is 29.4. The third kappa shape index (κ3) is 3.04. The molecule has 0 aliphatic heterocycles. The summed E-state index contributed by atoms with van der Waals surface area (Å²) in [5.41, 5.74) is 1.01. The average molecular weight is 340 g/mol. The fraction of sp³-hybridized carbons (Fsp3) is 0.421. The Bertz CT molecular complexity index is 768. The van der Waals surface area contributed by atoms with E-state index in [1.807, 2.05) is 12.2 Å². The van der Waals surface area contributed by atoms with Gasteiger partial charge in [-0.2, -0.15) is 0 Å². The van der Waals surface area contributed by atoms with Crippen molar-refractivity contribution in [2.45, 2.75) is 25.3 Å². The summed E-state index contributed by atoms with van der Waals surface area (Å²) in [6, 6.07) is 7.03. The average Bonchev–Trinajstić information content (AvgIpc) is 3.16. The Morgan fingerprint density at radius 1 is 1.04 bits per heavy atom. The summed E-state index contributed by atoms with van der Waals surface area (Å²) in [5.74, 6) is -2.67. The van der Waals surface area contributed by atoms with Crippen molar-refractivity contribution in [2.75, 3.05) is 5.32 Å². The zero-order valence-electron chi connectivity index (χ0n) is 13.6.